The van der Waals surface area contributed by atoms with Gasteiger partial charge in [0.25, 0.3) is 0 Å². The van der Waals surface area contributed by atoms with Gasteiger partial charge < -0.3 is 9.62 Å². The Hall–Kier alpha value is -1.63. The molecule has 5 heteroatoms. The summed E-state index contributed by atoms with van der Waals surface area (Å²) < 4.78 is 6.62. The quantitative estimate of drug-likeness (QED) is 0.283. The highest BCUT2D eigenvalue weighted by Crippen LogP contribution is 2.11. The highest BCUT2D eigenvalue weighted by molar-refractivity contribution is 14.1. The Morgan fingerprint density at radius 1 is 1.41 bits per heavy atom. The van der Waals surface area contributed by atoms with E-state index in [9.17, 15) is 10.0 Å². The van der Waals surface area contributed by atoms with E-state index in [1.54, 1.807) is 24.3 Å². The van der Waals surface area contributed by atoms with Crippen LogP contribution in [-0.4, -0.2) is 5.78 Å². The first kappa shape index (κ1) is 11.8. The van der Waals surface area contributed by atoms with Crippen LogP contribution in [0.5, 0.6) is 0 Å². The SMILES string of the molecule is O=C(/C=C\c1ccc(I)o1)c1ccc[n+]([O-])c1. The Morgan fingerprint density at radius 3 is 2.88 bits per heavy atom. The third-order valence-corrected chi connectivity index (χ3v) is 2.63. The molecule has 0 fully saturated rings. The molecule has 0 aliphatic heterocycles. The maximum absolute atomic E-state index is 11.7. The molecule has 86 valence electrons. The number of halogens is 1. The summed E-state index contributed by atoms with van der Waals surface area (Å²) in [5.41, 5.74) is 0.347. The minimum Gasteiger partial charge on any atom is -0.619 e. The van der Waals surface area contributed by atoms with Gasteiger partial charge in [-0.2, -0.15) is 4.73 Å². The number of rotatable bonds is 3. The lowest BCUT2D eigenvalue weighted by atomic mass is 10.2. The second-order valence-electron chi connectivity index (χ2n) is 3.29. The van der Waals surface area contributed by atoms with Crippen LogP contribution in [0.15, 0.2) is 47.2 Å². The number of carbonyl (C=O) groups excluding carboxylic acids is 1. The van der Waals surface area contributed by atoms with Crippen LogP contribution in [0.2, 0.25) is 0 Å². The zero-order chi connectivity index (χ0) is 12.3. The Labute approximate surface area is 111 Å². The van der Waals surface area contributed by atoms with Crippen LogP contribution in [0.1, 0.15) is 16.1 Å². The first-order chi connectivity index (χ1) is 8.15. The molecule has 0 spiro atoms. The molecule has 0 aliphatic rings. The van der Waals surface area contributed by atoms with Gasteiger partial charge in [-0.25, -0.2) is 0 Å². The maximum atomic E-state index is 11.7. The molecule has 0 N–H and O–H groups in total. The molecule has 4 nitrogen and oxygen atoms in total. The van der Waals surface area contributed by atoms with E-state index < -0.39 is 0 Å². The van der Waals surface area contributed by atoms with Crippen molar-refractivity contribution in [2.24, 2.45) is 0 Å². The van der Waals surface area contributed by atoms with E-state index in [0.29, 0.717) is 16.1 Å². The van der Waals surface area contributed by atoms with Crippen LogP contribution in [-0.2, 0) is 0 Å². The molecular weight excluding hydrogens is 333 g/mol. The second kappa shape index (κ2) is 5.13. The van der Waals surface area contributed by atoms with Gasteiger partial charge in [-0.3, -0.25) is 4.79 Å². The molecule has 0 saturated heterocycles. The van der Waals surface area contributed by atoms with E-state index >= 15 is 0 Å². The molecular formula is C12H8INO3. The predicted octanol–water partition coefficient (Wildman–Crippen LogP) is 2.41. The first-order valence-electron chi connectivity index (χ1n) is 4.82. The molecule has 0 atom stereocenters. The Kier molecular flexibility index (Phi) is 3.58. The monoisotopic (exact) mass is 341 g/mol. The maximum Gasteiger partial charge on any atom is 0.192 e. The predicted molar refractivity (Wildman–Crippen MR) is 70.2 cm³/mol. The van der Waals surface area contributed by atoms with Crippen molar-refractivity contribution in [2.45, 2.75) is 0 Å². The zero-order valence-electron chi connectivity index (χ0n) is 8.67. The van der Waals surface area contributed by atoms with Gasteiger partial charge >= 0.3 is 0 Å². The first-order valence-corrected chi connectivity index (χ1v) is 5.89. The van der Waals surface area contributed by atoms with E-state index in [4.69, 9.17) is 4.42 Å². The van der Waals surface area contributed by atoms with Crippen molar-refractivity contribution in [2.75, 3.05) is 0 Å². The van der Waals surface area contributed by atoms with Gasteiger partial charge in [0.2, 0.25) is 0 Å². The number of furan rings is 1. The van der Waals surface area contributed by atoms with Gasteiger partial charge in [-0.15, -0.1) is 0 Å². The molecule has 0 amide bonds. The number of carbonyl (C=O) groups is 1. The Morgan fingerprint density at radius 2 is 2.24 bits per heavy atom. The van der Waals surface area contributed by atoms with Crippen LogP contribution in [0.4, 0.5) is 0 Å². The van der Waals surface area contributed by atoms with Crippen molar-refractivity contribution in [3.8, 4) is 0 Å². The van der Waals surface area contributed by atoms with Crippen LogP contribution in [0.25, 0.3) is 6.08 Å². The molecule has 17 heavy (non-hydrogen) atoms. The molecule has 0 aliphatic carbocycles. The minimum atomic E-state index is -0.235. The summed E-state index contributed by atoms with van der Waals surface area (Å²) in [7, 11) is 0. The summed E-state index contributed by atoms with van der Waals surface area (Å²) in [6, 6.07) is 6.69. The summed E-state index contributed by atoms with van der Waals surface area (Å²) >= 11 is 2.04. The van der Waals surface area contributed by atoms with Crippen molar-refractivity contribution < 1.29 is 13.9 Å². The number of hydrogen-bond acceptors (Lipinski definition) is 3. The van der Waals surface area contributed by atoms with E-state index in [1.165, 1.54) is 24.5 Å². The molecule has 0 aromatic carbocycles. The minimum absolute atomic E-state index is 0.235. The third kappa shape index (κ3) is 3.16. The van der Waals surface area contributed by atoms with Crippen molar-refractivity contribution in [3.63, 3.8) is 0 Å². The van der Waals surface area contributed by atoms with E-state index in [0.717, 1.165) is 3.77 Å². The van der Waals surface area contributed by atoms with Crippen LogP contribution in [0, 0.1) is 8.97 Å². The molecule has 2 rings (SSSR count). The number of hydrogen-bond donors (Lipinski definition) is 0. The summed E-state index contributed by atoms with van der Waals surface area (Å²) in [6.45, 7) is 0. The lowest BCUT2D eigenvalue weighted by molar-refractivity contribution is -0.605. The van der Waals surface area contributed by atoms with Crippen LogP contribution < -0.4 is 4.73 Å². The normalized spacial score (nSPS) is 10.9. The number of nitrogens with zero attached hydrogens (tertiary/aromatic N) is 1. The topological polar surface area (TPSA) is 57.2 Å². The molecule has 0 bridgehead atoms. The Bertz CT molecular complexity index is 575. The van der Waals surface area contributed by atoms with Gasteiger partial charge in [-0.05, 0) is 52.9 Å². The molecule has 0 unspecified atom stereocenters. The van der Waals surface area contributed by atoms with Gasteiger partial charge in [0.15, 0.2) is 21.9 Å². The fourth-order valence-corrected chi connectivity index (χ4v) is 1.71. The van der Waals surface area contributed by atoms with Gasteiger partial charge in [0.1, 0.15) is 5.76 Å². The van der Waals surface area contributed by atoms with Crippen LogP contribution >= 0.6 is 22.6 Å². The lowest BCUT2D eigenvalue weighted by Gasteiger charge is -1.96. The van der Waals surface area contributed by atoms with Crippen molar-refractivity contribution in [3.05, 3.63) is 63.0 Å². The van der Waals surface area contributed by atoms with Gasteiger partial charge in [-0.1, -0.05) is 0 Å². The third-order valence-electron chi connectivity index (χ3n) is 2.05. The van der Waals surface area contributed by atoms with E-state index in [1.807, 2.05) is 22.6 Å². The number of aromatic nitrogens is 1. The molecule has 2 heterocycles. The summed E-state index contributed by atoms with van der Waals surface area (Å²) in [5, 5.41) is 11.0. The fraction of sp³-hybridized carbons (Fsp3) is 0. The van der Waals surface area contributed by atoms with Crippen molar-refractivity contribution in [1.82, 2.24) is 0 Å². The zero-order valence-corrected chi connectivity index (χ0v) is 10.8. The Balaban J connectivity index is 2.14. The average molecular weight is 341 g/mol. The molecule has 0 saturated carbocycles. The molecule has 2 aromatic rings. The van der Waals surface area contributed by atoms with Crippen LogP contribution in [0.3, 0.4) is 0 Å². The summed E-state index contributed by atoms with van der Waals surface area (Å²) in [5.74, 6) is 0.371. The number of ketones is 1. The smallest absolute Gasteiger partial charge is 0.192 e. The standard InChI is InChI=1S/C12H8INO3/c13-12-6-4-10(17-12)3-5-11(15)9-2-1-7-14(16)8-9/h1-8H/b5-3-. The summed E-state index contributed by atoms with van der Waals surface area (Å²) in [4.78, 5) is 11.7. The van der Waals surface area contributed by atoms with Crippen molar-refractivity contribution >= 4 is 34.5 Å². The van der Waals surface area contributed by atoms with E-state index in [-0.39, 0.29) is 5.78 Å². The fourth-order valence-electron chi connectivity index (χ4n) is 1.27. The van der Waals surface area contributed by atoms with Gasteiger partial charge in [0, 0.05) is 6.07 Å². The summed E-state index contributed by atoms with van der Waals surface area (Å²) in [6.07, 6.45) is 5.52. The molecule has 2 aromatic heterocycles. The highest BCUT2D eigenvalue weighted by Gasteiger charge is 2.05. The molecule has 0 radical (unpaired) electrons. The largest absolute Gasteiger partial charge is 0.619 e. The van der Waals surface area contributed by atoms with Crippen molar-refractivity contribution in [1.29, 1.82) is 0 Å². The van der Waals surface area contributed by atoms with E-state index in [2.05, 4.69) is 0 Å². The lowest BCUT2D eigenvalue weighted by Crippen LogP contribution is -2.25. The average Bonchev–Trinajstić information content (AvgIpc) is 2.72. The second-order valence-corrected chi connectivity index (χ2v) is 4.36. The van der Waals surface area contributed by atoms with Gasteiger partial charge in [0.05, 0.1) is 5.56 Å². The highest BCUT2D eigenvalue weighted by atomic mass is 127. The number of pyridine rings is 1. The number of allylic oxidation sites excluding steroid dienone is 1.